The van der Waals surface area contributed by atoms with E-state index >= 15 is 0 Å². The molecule has 0 saturated carbocycles. The molecule has 1 amide bonds. The fourth-order valence-corrected chi connectivity index (χ4v) is 2.67. The molecule has 2 aromatic carbocycles. The highest BCUT2D eigenvalue weighted by molar-refractivity contribution is 5.76. The Bertz CT molecular complexity index is 748. The number of benzene rings is 2. The molecule has 4 nitrogen and oxygen atoms in total. The molecule has 0 N–H and O–H groups in total. The molecule has 2 aromatic rings. The molecule has 0 atom stereocenters. The van der Waals surface area contributed by atoms with Gasteiger partial charge in [-0.2, -0.15) is 8.78 Å². The lowest BCUT2D eigenvalue weighted by atomic mass is 10.1. The summed E-state index contributed by atoms with van der Waals surface area (Å²) in [4.78, 5) is 14.0. The summed E-state index contributed by atoms with van der Waals surface area (Å²) in [5, 5.41) is 0. The Morgan fingerprint density at radius 1 is 1.07 bits per heavy atom. The molecule has 0 aliphatic rings. The summed E-state index contributed by atoms with van der Waals surface area (Å²) < 4.78 is 34.8. The summed E-state index contributed by atoms with van der Waals surface area (Å²) >= 11 is 0. The molecule has 0 unspecified atom stereocenters. The summed E-state index contributed by atoms with van der Waals surface area (Å²) in [6, 6.07) is 12.8. The first-order valence-electron chi connectivity index (χ1n) is 8.89. The van der Waals surface area contributed by atoms with Crippen LogP contribution in [0.5, 0.6) is 11.5 Å². The predicted octanol–water partition coefficient (Wildman–Crippen LogP) is 4.59. The molecule has 0 fully saturated rings. The van der Waals surface area contributed by atoms with Crippen molar-refractivity contribution in [1.82, 2.24) is 4.90 Å². The van der Waals surface area contributed by atoms with Crippen LogP contribution in [0.15, 0.2) is 42.5 Å². The van der Waals surface area contributed by atoms with Gasteiger partial charge in [-0.05, 0) is 43.5 Å². The summed E-state index contributed by atoms with van der Waals surface area (Å²) in [7, 11) is 1.72. The van der Waals surface area contributed by atoms with Crippen LogP contribution in [0.4, 0.5) is 8.78 Å². The Balaban J connectivity index is 1.96. The number of ether oxygens (including phenoxy) is 2. The van der Waals surface area contributed by atoms with Gasteiger partial charge in [0.15, 0.2) is 11.5 Å². The van der Waals surface area contributed by atoms with E-state index in [1.807, 2.05) is 31.2 Å². The minimum absolute atomic E-state index is 0.0102. The molecule has 0 heterocycles. The first kappa shape index (κ1) is 20.7. The molecule has 2 rings (SSSR count). The van der Waals surface area contributed by atoms with Crippen molar-refractivity contribution in [3.05, 3.63) is 59.2 Å². The molecule has 0 aliphatic heterocycles. The van der Waals surface area contributed by atoms with E-state index in [0.717, 1.165) is 11.1 Å². The van der Waals surface area contributed by atoms with Crippen molar-refractivity contribution in [2.45, 2.75) is 39.8 Å². The van der Waals surface area contributed by atoms with E-state index in [2.05, 4.69) is 4.74 Å². The Kier molecular flexibility index (Phi) is 7.58. The minimum Gasteiger partial charge on any atom is -0.490 e. The molecule has 0 radical (unpaired) electrons. The number of halogens is 2. The second-order valence-corrected chi connectivity index (χ2v) is 6.33. The molecule has 6 heteroatoms. The van der Waals surface area contributed by atoms with Crippen molar-refractivity contribution in [2.24, 2.45) is 0 Å². The number of hydrogen-bond acceptors (Lipinski definition) is 3. The second-order valence-electron chi connectivity index (χ2n) is 6.33. The van der Waals surface area contributed by atoms with Gasteiger partial charge in [0.25, 0.3) is 0 Å². The number of nitrogens with zero attached hydrogens (tertiary/aromatic N) is 1. The lowest BCUT2D eigenvalue weighted by Crippen LogP contribution is -2.26. The van der Waals surface area contributed by atoms with Gasteiger partial charge in [0, 0.05) is 20.0 Å². The smallest absolute Gasteiger partial charge is 0.387 e. The number of aryl methyl sites for hydroxylation is 2. The van der Waals surface area contributed by atoms with Crippen LogP contribution in [-0.4, -0.2) is 31.1 Å². The van der Waals surface area contributed by atoms with Gasteiger partial charge < -0.3 is 14.4 Å². The topological polar surface area (TPSA) is 38.8 Å². The zero-order valence-electron chi connectivity index (χ0n) is 15.9. The van der Waals surface area contributed by atoms with E-state index in [9.17, 15) is 13.6 Å². The van der Waals surface area contributed by atoms with Gasteiger partial charge in [-0.3, -0.25) is 4.79 Å². The fraction of sp³-hybridized carbons (Fsp3) is 0.381. The highest BCUT2D eigenvalue weighted by Crippen LogP contribution is 2.30. The van der Waals surface area contributed by atoms with E-state index in [0.29, 0.717) is 26.0 Å². The highest BCUT2D eigenvalue weighted by atomic mass is 19.3. The van der Waals surface area contributed by atoms with E-state index in [-0.39, 0.29) is 17.4 Å². The molecule has 0 spiro atoms. The number of hydrogen-bond donors (Lipinski definition) is 0. The first-order valence-corrected chi connectivity index (χ1v) is 8.89. The third-order valence-electron chi connectivity index (χ3n) is 4.12. The minimum atomic E-state index is -2.92. The quantitative estimate of drug-likeness (QED) is 0.642. The van der Waals surface area contributed by atoms with E-state index in [1.54, 1.807) is 31.0 Å². The van der Waals surface area contributed by atoms with Crippen molar-refractivity contribution in [1.29, 1.82) is 0 Å². The Labute approximate surface area is 158 Å². The van der Waals surface area contributed by atoms with Crippen LogP contribution in [-0.2, 0) is 17.8 Å². The van der Waals surface area contributed by atoms with Crippen molar-refractivity contribution in [3.63, 3.8) is 0 Å². The molecular weight excluding hydrogens is 352 g/mol. The third kappa shape index (κ3) is 6.55. The molecule has 0 aromatic heterocycles. The normalized spacial score (nSPS) is 10.7. The Morgan fingerprint density at radius 2 is 1.74 bits per heavy atom. The number of carbonyl (C=O) groups is 1. The highest BCUT2D eigenvalue weighted by Gasteiger charge is 2.14. The van der Waals surface area contributed by atoms with Crippen LogP contribution in [0.3, 0.4) is 0 Å². The standard InChI is InChI=1S/C21H25F2NO3/c1-4-26-19-13-17(9-11-18(19)27-21(22)23)14-24(3)20(25)12-10-16-7-5-15(2)6-8-16/h5-9,11,13,21H,4,10,12,14H2,1-3H3. The Hall–Kier alpha value is -2.63. The summed E-state index contributed by atoms with van der Waals surface area (Å²) in [5.41, 5.74) is 3.09. The number of alkyl halides is 2. The van der Waals surface area contributed by atoms with Gasteiger partial charge in [0.2, 0.25) is 5.91 Å². The summed E-state index contributed by atoms with van der Waals surface area (Å²) in [5.74, 6) is 0.251. The SMILES string of the molecule is CCOc1cc(CN(C)C(=O)CCc2ccc(C)cc2)ccc1OC(F)F. The predicted molar refractivity (Wildman–Crippen MR) is 100 cm³/mol. The maximum atomic E-state index is 12.5. The molecule has 0 saturated heterocycles. The number of amides is 1. The van der Waals surface area contributed by atoms with Gasteiger partial charge in [-0.25, -0.2) is 0 Å². The van der Waals surface area contributed by atoms with Crippen LogP contribution in [0.2, 0.25) is 0 Å². The summed E-state index contributed by atoms with van der Waals surface area (Å²) in [6.07, 6.45) is 1.08. The average Bonchev–Trinajstić information content (AvgIpc) is 2.63. The monoisotopic (exact) mass is 377 g/mol. The molecule has 0 bridgehead atoms. The molecule has 146 valence electrons. The van der Waals surface area contributed by atoms with Crippen LogP contribution in [0, 0.1) is 6.92 Å². The average molecular weight is 377 g/mol. The fourth-order valence-electron chi connectivity index (χ4n) is 2.67. The largest absolute Gasteiger partial charge is 0.490 e. The molecule has 0 aliphatic carbocycles. The lowest BCUT2D eigenvalue weighted by molar-refractivity contribution is -0.130. The number of carbonyl (C=O) groups excluding carboxylic acids is 1. The van der Waals surface area contributed by atoms with Gasteiger partial charge in [-0.1, -0.05) is 35.9 Å². The van der Waals surface area contributed by atoms with Crippen LogP contribution >= 0.6 is 0 Å². The second kappa shape index (κ2) is 9.90. The van der Waals surface area contributed by atoms with E-state index in [4.69, 9.17) is 4.74 Å². The van der Waals surface area contributed by atoms with Crippen molar-refractivity contribution >= 4 is 5.91 Å². The van der Waals surface area contributed by atoms with Crippen LogP contribution in [0.1, 0.15) is 30.0 Å². The molecule has 27 heavy (non-hydrogen) atoms. The van der Waals surface area contributed by atoms with Gasteiger partial charge in [-0.15, -0.1) is 0 Å². The van der Waals surface area contributed by atoms with Gasteiger partial charge in [0.05, 0.1) is 6.61 Å². The van der Waals surface area contributed by atoms with Crippen molar-refractivity contribution in [3.8, 4) is 11.5 Å². The zero-order valence-corrected chi connectivity index (χ0v) is 15.9. The van der Waals surface area contributed by atoms with Crippen LogP contribution < -0.4 is 9.47 Å². The van der Waals surface area contributed by atoms with Crippen molar-refractivity contribution < 1.29 is 23.0 Å². The number of rotatable bonds is 9. The van der Waals surface area contributed by atoms with Crippen LogP contribution in [0.25, 0.3) is 0 Å². The summed E-state index contributed by atoms with van der Waals surface area (Å²) in [6.45, 7) is 1.56. The first-order chi connectivity index (χ1) is 12.9. The maximum Gasteiger partial charge on any atom is 0.387 e. The Morgan fingerprint density at radius 3 is 2.37 bits per heavy atom. The van der Waals surface area contributed by atoms with Crippen molar-refractivity contribution in [2.75, 3.05) is 13.7 Å². The molecular formula is C21H25F2NO3. The van der Waals surface area contributed by atoms with E-state index < -0.39 is 6.61 Å². The van der Waals surface area contributed by atoms with E-state index in [1.165, 1.54) is 11.6 Å². The zero-order chi connectivity index (χ0) is 19.8. The van der Waals surface area contributed by atoms with Gasteiger partial charge in [0.1, 0.15) is 0 Å². The van der Waals surface area contributed by atoms with Gasteiger partial charge >= 0.3 is 6.61 Å². The maximum absolute atomic E-state index is 12.5. The third-order valence-corrected chi connectivity index (χ3v) is 4.12. The lowest BCUT2D eigenvalue weighted by Gasteiger charge is -2.19.